The van der Waals surface area contributed by atoms with Crippen molar-refractivity contribution in [2.45, 2.75) is 31.0 Å². The highest BCUT2D eigenvalue weighted by molar-refractivity contribution is 5.94. The number of carboxylic acids is 1. The van der Waals surface area contributed by atoms with Crippen LogP contribution in [0.15, 0.2) is 47.3 Å². The van der Waals surface area contributed by atoms with Crippen molar-refractivity contribution in [3.05, 3.63) is 63.9 Å². The average Bonchev–Trinajstić information content (AvgIpc) is 2.78. The van der Waals surface area contributed by atoms with Crippen LogP contribution < -0.4 is 15.8 Å². The van der Waals surface area contributed by atoms with E-state index in [-0.39, 0.29) is 47.5 Å². The summed E-state index contributed by atoms with van der Waals surface area (Å²) in [5.41, 5.74) is -2.08. The quantitative estimate of drug-likeness (QED) is 0.503. The molecule has 7 nitrogen and oxygen atoms in total. The molecule has 186 valence electrons. The second kappa shape index (κ2) is 8.82. The number of piperidine rings is 1. The van der Waals surface area contributed by atoms with Gasteiger partial charge in [-0.15, -0.1) is 0 Å². The predicted molar refractivity (Wildman–Crippen MR) is 119 cm³/mol. The first-order valence-electron chi connectivity index (χ1n) is 10.7. The molecule has 35 heavy (non-hydrogen) atoms. The Kier molecular flexibility index (Phi) is 6.16. The van der Waals surface area contributed by atoms with Crippen molar-refractivity contribution in [3.63, 3.8) is 0 Å². The number of alkyl halides is 5. The predicted octanol–water partition coefficient (Wildman–Crippen LogP) is 4.58. The molecule has 1 aliphatic rings. The maximum atomic E-state index is 14.3. The number of aromatic carboxylic acids is 1. The topological polar surface area (TPSA) is 87.5 Å². The van der Waals surface area contributed by atoms with E-state index in [2.05, 4.69) is 10.3 Å². The van der Waals surface area contributed by atoms with Crippen LogP contribution in [0, 0.1) is 0 Å². The zero-order valence-corrected chi connectivity index (χ0v) is 18.4. The number of anilines is 2. The van der Waals surface area contributed by atoms with Gasteiger partial charge in [-0.25, -0.2) is 18.6 Å². The number of halogens is 5. The Morgan fingerprint density at radius 1 is 1.17 bits per heavy atom. The molecular formula is C23H21F5N4O3. The highest BCUT2D eigenvalue weighted by Crippen LogP contribution is 2.39. The zero-order chi connectivity index (χ0) is 25.5. The fraction of sp³-hybridized carbons (Fsp3) is 0.348. The van der Waals surface area contributed by atoms with Gasteiger partial charge in [-0.1, -0.05) is 24.3 Å². The van der Waals surface area contributed by atoms with Gasteiger partial charge in [0.05, 0.1) is 23.0 Å². The molecule has 0 saturated carbocycles. The summed E-state index contributed by atoms with van der Waals surface area (Å²) in [6, 6.07) is 6.37. The van der Waals surface area contributed by atoms with Gasteiger partial charge in [0, 0.05) is 31.3 Å². The number of para-hydroxylation sites is 2. The molecule has 0 bridgehead atoms. The van der Waals surface area contributed by atoms with Gasteiger partial charge in [-0.3, -0.25) is 9.36 Å². The van der Waals surface area contributed by atoms with Crippen LogP contribution in [-0.4, -0.2) is 45.8 Å². The summed E-state index contributed by atoms with van der Waals surface area (Å²) in [5.74, 6) is -4.62. The molecule has 2 aromatic carbocycles. The number of carbonyl (C=O) groups is 1. The maximum Gasteiger partial charge on any atom is 0.412 e. The van der Waals surface area contributed by atoms with Crippen LogP contribution >= 0.6 is 0 Å². The smallest absolute Gasteiger partial charge is 0.412 e. The molecule has 0 aliphatic carbocycles. The largest absolute Gasteiger partial charge is 0.478 e. The summed E-state index contributed by atoms with van der Waals surface area (Å²) >= 11 is 0. The number of nitrogens with one attached hydrogen (secondary N) is 1. The number of hydrogen-bond acceptors (Lipinski definition) is 5. The number of benzene rings is 2. The van der Waals surface area contributed by atoms with Crippen LogP contribution in [0.4, 0.5) is 33.6 Å². The normalized spacial score (nSPS) is 16.8. The molecule has 1 atom stereocenters. The molecule has 1 fully saturated rings. The van der Waals surface area contributed by atoms with E-state index in [1.807, 2.05) is 0 Å². The molecule has 0 amide bonds. The summed E-state index contributed by atoms with van der Waals surface area (Å²) in [5, 5.41) is 11.5. The standard InChI is InChI=1S/C23H21F5N4O3/c1-31-19(33)15-8-4-7-14(17(15)30-21(31)32-11-5-10-22(24,25)12-32)18(23(26,27)28)29-16-9-3-2-6-13(16)20(34)35/h2-4,6-9,18,29H,5,10-12H2,1H3,(H,34,35)/t18-/m1/s1. The third kappa shape index (κ3) is 4.77. The van der Waals surface area contributed by atoms with Gasteiger partial charge in [0.15, 0.2) is 6.04 Å². The fourth-order valence-corrected chi connectivity index (χ4v) is 4.24. The van der Waals surface area contributed by atoms with Crippen molar-refractivity contribution in [2.75, 3.05) is 23.3 Å². The second-order valence-corrected chi connectivity index (χ2v) is 8.37. The SMILES string of the molecule is Cn1c(N2CCCC(F)(F)C2)nc2c([C@@H](Nc3ccccc3C(=O)O)C(F)(F)F)cccc2c1=O. The van der Waals surface area contributed by atoms with E-state index in [0.717, 1.165) is 16.7 Å². The highest BCUT2D eigenvalue weighted by Gasteiger charge is 2.43. The Hall–Kier alpha value is -3.70. The molecule has 2 N–H and O–H groups in total. The van der Waals surface area contributed by atoms with E-state index in [9.17, 15) is 36.6 Å². The first-order chi connectivity index (χ1) is 16.4. The van der Waals surface area contributed by atoms with Crippen LogP contribution in [0.5, 0.6) is 0 Å². The molecule has 3 aromatic rings. The van der Waals surface area contributed by atoms with Crippen molar-refractivity contribution in [1.29, 1.82) is 0 Å². The molecule has 4 rings (SSSR count). The van der Waals surface area contributed by atoms with E-state index in [1.165, 1.54) is 42.3 Å². The lowest BCUT2D eigenvalue weighted by Gasteiger charge is -2.34. The minimum atomic E-state index is -4.92. The second-order valence-electron chi connectivity index (χ2n) is 8.37. The first kappa shape index (κ1) is 24.4. The van der Waals surface area contributed by atoms with Crippen molar-refractivity contribution >= 4 is 28.5 Å². The molecule has 1 aromatic heterocycles. The fourth-order valence-electron chi connectivity index (χ4n) is 4.24. The lowest BCUT2D eigenvalue weighted by molar-refractivity contribution is -0.143. The minimum Gasteiger partial charge on any atom is -0.478 e. The zero-order valence-electron chi connectivity index (χ0n) is 18.4. The summed E-state index contributed by atoms with van der Waals surface area (Å²) in [6.07, 6.45) is -5.12. The lowest BCUT2D eigenvalue weighted by atomic mass is 10.0. The van der Waals surface area contributed by atoms with Crippen molar-refractivity contribution < 1.29 is 31.9 Å². The minimum absolute atomic E-state index is 0.125. The number of aromatic nitrogens is 2. The van der Waals surface area contributed by atoms with E-state index in [0.29, 0.717) is 0 Å². The van der Waals surface area contributed by atoms with Gasteiger partial charge in [0.1, 0.15) is 0 Å². The lowest BCUT2D eigenvalue weighted by Crippen LogP contribution is -2.45. The molecule has 1 saturated heterocycles. The van der Waals surface area contributed by atoms with Gasteiger partial charge < -0.3 is 15.3 Å². The molecule has 2 heterocycles. The van der Waals surface area contributed by atoms with E-state index >= 15 is 0 Å². The molecular weight excluding hydrogens is 475 g/mol. The van der Waals surface area contributed by atoms with Gasteiger partial charge in [-0.05, 0) is 24.6 Å². The summed E-state index contributed by atoms with van der Waals surface area (Å²) in [7, 11) is 1.33. The van der Waals surface area contributed by atoms with Crippen LogP contribution in [0.25, 0.3) is 10.9 Å². The maximum absolute atomic E-state index is 14.3. The number of carboxylic acid groups (broad SMARTS) is 1. The van der Waals surface area contributed by atoms with Crippen LogP contribution in [0.3, 0.4) is 0 Å². The Bertz CT molecular complexity index is 1340. The van der Waals surface area contributed by atoms with Gasteiger partial charge in [0.2, 0.25) is 5.95 Å². The molecule has 0 radical (unpaired) electrons. The van der Waals surface area contributed by atoms with Crippen molar-refractivity contribution in [1.82, 2.24) is 9.55 Å². The monoisotopic (exact) mass is 496 g/mol. The Labute approximate surface area is 195 Å². The first-order valence-corrected chi connectivity index (χ1v) is 10.7. The third-order valence-electron chi connectivity index (χ3n) is 5.89. The number of rotatable bonds is 5. The molecule has 12 heteroatoms. The molecule has 0 spiro atoms. The van der Waals surface area contributed by atoms with Crippen molar-refractivity contribution in [2.24, 2.45) is 7.05 Å². The molecule has 1 aliphatic heterocycles. The van der Waals surface area contributed by atoms with Crippen LogP contribution in [-0.2, 0) is 7.05 Å². The Balaban J connectivity index is 1.89. The van der Waals surface area contributed by atoms with E-state index in [4.69, 9.17) is 0 Å². The summed E-state index contributed by atoms with van der Waals surface area (Å²) in [4.78, 5) is 30.0. The summed E-state index contributed by atoms with van der Waals surface area (Å²) < 4.78 is 71.9. The highest BCUT2D eigenvalue weighted by atomic mass is 19.4. The molecule has 0 unspecified atom stereocenters. The van der Waals surface area contributed by atoms with E-state index < -0.39 is 41.8 Å². The van der Waals surface area contributed by atoms with Gasteiger partial charge >= 0.3 is 12.1 Å². The Morgan fingerprint density at radius 3 is 2.54 bits per heavy atom. The Morgan fingerprint density at radius 2 is 1.89 bits per heavy atom. The van der Waals surface area contributed by atoms with E-state index in [1.54, 1.807) is 0 Å². The van der Waals surface area contributed by atoms with Crippen LogP contribution in [0.1, 0.15) is 34.8 Å². The average molecular weight is 496 g/mol. The van der Waals surface area contributed by atoms with Crippen LogP contribution in [0.2, 0.25) is 0 Å². The summed E-state index contributed by atoms with van der Waals surface area (Å²) in [6.45, 7) is -0.551. The number of fused-ring (bicyclic) bond motifs is 1. The van der Waals surface area contributed by atoms with Crippen molar-refractivity contribution in [3.8, 4) is 0 Å². The van der Waals surface area contributed by atoms with Gasteiger partial charge in [-0.2, -0.15) is 13.2 Å². The van der Waals surface area contributed by atoms with Gasteiger partial charge in [0.25, 0.3) is 11.5 Å². The third-order valence-corrected chi connectivity index (χ3v) is 5.89. The number of nitrogens with zero attached hydrogens (tertiary/aromatic N) is 3. The number of hydrogen-bond donors (Lipinski definition) is 2.